The van der Waals surface area contributed by atoms with E-state index in [-0.39, 0.29) is 12.7 Å². The number of thiophene rings is 1. The molecule has 0 radical (unpaired) electrons. The van der Waals surface area contributed by atoms with Gasteiger partial charge >= 0.3 is 0 Å². The van der Waals surface area contributed by atoms with E-state index in [0.29, 0.717) is 17.3 Å². The van der Waals surface area contributed by atoms with Crippen molar-refractivity contribution < 1.29 is 14.3 Å². The Kier molecular flexibility index (Phi) is 2.97. The zero-order valence-corrected chi connectivity index (χ0v) is 12.6. The van der Waals surface area contributed by atoms with Crippen molar-refractivity contribution in [1.29, 1.82) is 0 Å². The van der Waals surface area contributed by atoms with Gasteiger partial charge in [-0.25, -0.2) is 4.99 Å². The van der Waals surface area contributed by atoms with E-state index in [1.165, 1.54) is 0 Å². The Morgan fingerprint density at radius 2 is 2.14 bits per heavy atom. The maximum absolute atomic E-state index is 12.3. The smallest absolute Gasteiger partial charge is 0.277 e. The van der Waals surface area contributed by atoms with Gasteiger partial charge in [0.2, 0.25) is 6.79 Å². The highest BCUT2D eigenvalue weighted by Gasteiger charge is 2.28. The predicted molar refractivity (Wildman–Crippen MR) is 84.2 cm³/mol. The molecule has 0 fully saturated rings. The first-order valence-corrected chi connectivity index (χ1v) is 7.62. The standard InChI is InChI=1S/C16H12N2O3S/c1-18-15(14-3-2-6-22-14)17-11(16(18)19)7-10-4-5-12-13(8-10)21-9-20-12/h2-8H,9H2,1H3. The van der Waals surface area contributed by atoms with Crippen LogP contribution in [0.3, 0.4) is 0 Å². The third-order valence-corrected chi connectivity index (χ3v) is 4.38. The summed E-state index contributed by atoms with van der Waals surface area (Å²) < 4.78 is 10.6. The number of carbonyl (C=O) groups is 1. The van der Waals surface area contributed by atoms with E-state index in [2.05, 4.69) is 4.99 Å². The molecule has 0 bridgehead atoms. The molecule has 0 spiro atoms. The minimum Gasteiger partial charge on any atom is -0.454 e. The second kappa shape index (κ2) is 4.99. The van der Waals surface area contributed by atoms with Crippen LogP contribution >= 0.6 is 11.3 Å². The molecule has 1 aromatic heterocycles. The number of nitrogens with zero attached hydrogens (tertiary/aromatic N) is 2. The molecule has 110 valence electrons. The molecule has 6 heteroatoms. The minimum absolute atomic E-state index is 0.110. The van der Waals surface area contributed by atoms with E-state index in [4.69, 9.17) is 9.47 Å². The van der Waals surface area contributed by atoms with E-state index in [1.54, 1.807) is 29.4 Å². The SMILES string of the molecule is CN1C(=O)C(=Cc2ccc3c(c2)OCO3)N=C1c1cccs1. The zero-order valence-electron chi connectivity index (χ0n) is 11.8. The Hall–Kier alpha value is -2.60. The van der Waals surface area contributed by atoms with Crippen molar-refractivity contribution in [3.05, 3.63) is 51.8 Å². The van der Waals surface area contributed by atoms with Gasteiger partial charge in [0.25, 0.3) is 5.91 Å². The lowest BCUT2D eigenvalue weighted by Gasteiger charge is -2.09. The fraction of sp³-hybridized carbons (Fsp3) is 0.125. The van der Waals surface area contributed by atoms with Crippen LogP contribution < -0.4 is 9.47 Å². The highest BCUT2D eigenvalue weighted by molar-refractivity contribution is 7.12. The van der Waals surface area contributed by atoms with Crippen molar-refractivity contribution in [1.82, 2.24) is 4.90 Å². The molecule has 2 aliphatic rings. The fourth-order valence-corrected chi connectivity index (χ4v) is 3.13. The topological polar surface area (TPSA) is 51.1 Å². The van der Waals surface area contributed by atoms with Crippen LogP contribution in [0.25, 0.3) is 6.08 Å². The molecule has 0 saturated heterocycles. The molecule has 0 unspecified atom stereocenters. The molecule has 3 heterocycles. The highest BCUT2D eigenvalue weighted by Crippen LogP contribution is 2.33. The highest BCUT2D eigenvalue weighted by atomic mass is 32.1. The Balaban J connectivity index is 1.71. The van der Waals surface area contributed by atoms with E-state index in [1.807, 2.05) is 35.7 Å². The van der Waals surface area contributed by atoms with Gasteiger partial charge < -0.3 is 9.47 Å². The lowest BCUT2D eigenvalue weighted by Crippen LogP contribution is -2.27. The summed E-state index contributed by atoms with van der Waals surface area (Å²) in [5, 5.41) is 1.97. The van der Waals surface area contributed by atoms with Gasteiger partial charge in [0.1, 0.15) is 5.70 Å². The first-order chi connectivity index (χ1) is 10.7. The van der Waals surface area contributed by atoms with Gasteiger partial charge in [-0.2, -0.15) is 0 Å². The van der Waals surface area contributed by atoms with Crippen molar-refractivity contribution in [2.75, 3.05) is 13.8 Å². The maximum atomic E-state index is 12.3. The van der Waals surface area contributed by atoms with E-state index >= 15 is 0 Å². The number of hydrogen-bond donors (Lipinski definition) is 0. The molecule has 0 atom stereocenters. The maximum Gasteiger partial charge on any atom is 0.277 e. The predicted octanol–water partition coefficient (Wildman–Crippen LogP) is 2.74. The summed E-state index contributed by atoms with van der Waals surface area (Å²) >= 11 is 1.56. The summed E-state index contributed by atoms with van der Waals surface area (Å²) in [6, 6.07) is 9.46. The van der Waals surface area contributed by atoms with Crippen LogP contribution in [0, 0.1) is 0 Å². The molecular weight excluding hydrogens is 300 g/mol. The molecule has 0 N–H and O–H groups in total. The Labute approximate surface area is 131 Å². The van der Waals surface area contributed by atoms with Crippen LogP contribution in [0.1, 0.15) is 10.4 Å². The summed E-state index contributed by atoms with van der Waals surface area (Å²) in [6.07, 6.45) is 1.77. The number of carbonyl (C=O) groups excluding carboxylic acids is 1. The normalized spacial score (nSPS) is 18.2. The van der Waals surface area contributed by atoms with Gasteiger partial charge in [-0.1, -0.05) is 12.1 Å². The van der Waals surface area contributed by atoms with Gasteiger partial charge in [0.05, 0.1) is 4.88 Å². The molecule has 2 aromatic rings. The van der Waals surface area contributed by atoms with Crippen molar-refractivity contribution in [3.63, 3.8) is 0 Å². The van der Waals surface area contributed by atoms with Crippen molar-refractivity contribution in [3.8, 4) is 11.5 Å². The van der Waals surface area contributed by atoms with Gasteiger partial charge in [0.15, 0.2) is 17.3 Å². The van der Waals surface area contributed by atoms with Crippen LogP contribution in [0.2, 0.25) is 0 Å². The van der Waals surface area contributed by atoms with Gasteiger partial charge in [0, 0.05) is 7.05 Å². The van der Waals surface area contributed by atoms with Crippen molar-refractivity contribution in [2.45, 2.75) is 0 Å². The zero-order chi connectivity index (χ0) is 15.1. The number of amides is 1. The summed E-state index contributed by atoms with van der Waals surface area (Å²) in [4.78, 5) is 19.4. The summed E-state index contributed by atoms with van der Waals surface area (Å²) in [5.41, 5.74) is 1.28. The van der Waals surface area contributed by atoms with Crippen LogP contribution in [0.4, 0.5) is 0 Å². The average molecular weight is 312 g/mol. The van der Waals surface area contributed by atoms with Gasteiger partial charge in [-0.05, 0) is 35.2 Å². The van der Waals surface area contributed by atoms with Crippen LogP contribution in [0.15, 0.2) is 46.4 Å². The minimum atomic E-state index is -0.110. The first kappa shape index (κ1) is 13.1. The van der Waals surface area contributed by atoms with Crippen molar-refractivity contribution in [2.24, 2.45) is 4.99 Å². The Morgan fingerprint density at radius 3 is 2.95 bits per heavy atom. The van der Waals surface area contributed by atoms with Gasteiger partial charge in [-0.15, -0.1) is 11.3 Å². The number of hydrogen-bond acceptors (Lipinski definition) is 5. The third-order valence-electron chi connectivity index (χ3n) is 3.51. The quantitative estimate of drug-likeness (QED) is 0.801. The first-order valence-electron chi connectivity index (χ1n) is 6.74. The Morgan fingerprint density at radius 1 is 1.27 bits per heavy atom. The molecule has 1 aromatic carbocycles. The lowest BCUT2D eigenvalue weighted by molar-refractivity contribution is -0.121. The molecule has 5 nitrogen and oxygen atoms in total. The Bertz CT molecular complexity index is 809. The number of likely N-dealkylation sites (N-methyl/N-ethyl adjacent to an activating group) is 1. The average Bonchev–Trinajstić information content (AvgIpc) is 3.24. The molecule has 1 amide bonds. The van der Waals surface area contributed by atoms with Crippen LogP contribution in [0.5, 0.6) is 11.5 Å². The number of benzene rings is 1. The van der Waals surface area contributed by atoms with E-state index < -0.39 is 0 Å². The molecule has 0 aliphatic carbocycles. The molecular formula is C16H12N2O3S. The number of ether oxygens (including phenoxy) is 2. The van der Waals surface area contributed by atoms with Crippen LogP contribution in [-0.4, -0.2) is 30.5 Å². The third kappa shape index (κ3) is 2.08. The van der Waals surface area contributed by atoms with E-state index in [0.717, 1.165) is 16.2 Å². The molecule has 22 heavy (non-hydrogen) atoms. The lowest BCUT2D eigenvalue weighted by atomic mass is 10.1. The molecule has 2 aliphatic heterocycles. The summed E-state index contributed by atoms with van der Waals surface area (Å²) in [6.45, 7) is 0.234. The molecule has 4 rings (SSSR count). The number of amidine groups is 1. The second-order valence-electron chi connectivity index (χ2n) is 4.92. The fourth-order valence-electron chi connectivity index (χ4n) is 2.39. The monoisotopic (exact) mass is 312 g/mol. The summed E-state index contributed by atoms with van der Waals surface area (Å²) in [7, 11) is 1.74. The second-order valence-corrected chi connectivity index (χ2v) is 5.87. The number of rotatable bonds is 2. The molecule has 0 saturated carbocycles. The van der Waals surface area contributed by atoms with Crippen LogP contribution in [-0.2, 0) is 4.79 Å². The largest absolute Gasteiger partial charge is 0.454 e. The van der Waals surface area contributed by atoms with Crippen molar-refractivity contribution >= 4 is 29.2 Å². The van der Waals surface area contributed by atoms with E-state index in [9.17, 15) is 4.79 Å². The summed E-state index contributed by atoms with van der Waals surface area (Å²) in [5.74, 6) is 1.99. The van der Waals surface area contributed by atoms with Gasteiger partial charge in [-0.3, -0.25) is 9.69 Å². The number of aliphatic imine (C=N–C) groups is 1. The number of fused-ring (bicyclic) bond motifs is 1.